The highest BCUT2D eigenvalue weighted by Gasteiger charge is 2.15. The van der Waals surface area contributed by atoms with Crippen LogP contribution >= 0.6 is 0 Å². The Kier molecular flexibility index (Phi) is 5.86. The van der Waals surface area contributed by atoms with Gasteiger partial charge in [-0.05, 0) is 0 Å². The van der Waals surface area contributed by atoms with Gasteiger partial charge < -0.3 is 9.22 Å². The quantitative estimate of drug-likeness (QED) is 0.422. The van der Waals surface area contributed by atoms with E-state index in [9.17, 15) is 4.79 Å². The number of hydrogen-bond acceptors (Lipinski definition) is 2. The van der Waals surface area contributed by atoms with Crippen LogP contribution < -0.4 is 0 Å². The molecule has 0 fully saturated rings. The molecule has 1 rings (SSSR count). The van der Waals surface area contributed by atoms with Crippen LogP contribution in [0.1, 0.15) is 25.3 Å². The molecule has 0 aliphatic rings. The third-order valence-corrected chi connectivity index (χ3v) is 2.91. The van der Waals surface area contributed by atoms with Crippen molar-refractivity contribution in [1.82, 2.24) is 0 Å². The molecule has 0 unspecified atom stereocenters. The monoisotopic (exact) mass is 250 g/mol. The zero-order valence-electron chi connectivity index (χ0n) is 11.7. The van der Waals surface area contributed by atoms with Crippen LogP contribution in [0, 0.1) is 0 Å². The third-order valence-electron chi connectivity index (χ3n) is 2.91. The first kappa shape index (κ1) is 14.7. The smallest absolute Gasteiger partial charge is 0.305 e. The van der Waals surface area contributed by atoms with E-state index < -0.39 is 0 Å². The second kappa shape index (κ2) is 7.17. The zero-order chi connectivity index (χ0) is 13.4. The molecule has 0 aliphatic heterocycles. The number of hydrogen-bond donors (Lipinski definition) is 0. The fourth-order valence-corrected chi connectivity index (χ4v) is 1.94. The minimum absolute atomic E-state index is 0.108. The first-order valence-electron chi connectivity index (χ1n) is 6.55. The molecule has 0 heterocycles. The highest BCUT2D eigenvalue weighted by atomic mass is 16.5. The minimum Gasteiger partial charge on any atom is -0.465 e. The topological polar surface area (TPSA) is 26.3 Å². The summed E-state index contributed by atoms with van der Waals surface area (Å²) >= 11 is 0. The van der Waals surface area contributed by atoms with Gasteiger partial charge in [0.15, 0.2) is 0 Å². The zero-order valence-corrected chi connectivity index (χ0v) is 11.7. The van der Waals surface area contributed by atoms with Gasteiger partial charge in [0.25, 0.3) is 0 Å². The fourth-order valence-electron chi connectivity index (χ4n) is 1.94. The molecule has 3 heteroatoms. The molecule has 100 valence electrons. The molecule has 1 aromatic carbocycles. The Morgan fingerprint density at radius 3 is 2.50 bits per heavy atom. The van der Waals surface area contributed by atoms with Crippen molar-refractivity contribution >= 4 is 5.97 Å². The average molecular weight is 250 g/mol. The highest BCUT2D eigenvalue weighted by Crippen LogP contribution is 2.09. The summed E-state index contributed by atoms with van der Waals surface area (Å²) in [6.07, 6.45) is 1.37. The number of carbonyl (C=O) groups is 1. The van der Waals surface area contributed by atoms with E-state index in [1.54, 1.807) is 0 Å². The maximum Gasteiger partial charge on any atom is 0.305 e. The molecular formula is C15H24NO2+. The van der Waals surface area contributed by atoms with Crippen LogP contribution in [0.2, 0.25) is 0 Å². The number of quaternary nitrogens is 1. The van der Waals surface area contributed by atoms with Gasteiger partial charge in [0.2, 0.25) is 0 Å². The number of nitrogens with zero attached hydrogens (tertiary/aromatic N) is 1. The second-order valence-electron chi connectivity index (χ2n) is 5.23. The molecule has 0 amide bonds. The Bertz CT molecular complexity index is 360. The van der Waals surface area contributed by atoms with Crippen molar-refractivity contribution in [2.24, 2.45) is 0 Å². The Hall–Kier alpha value is -1.35. The predicted octanol–water partition coefficient (Wildman–Crippen LogP) is 2.61. The summed E-state index contributed by atoms with van der Waals surface area (Å²) in [4.78, 5) is 11.0. The van der Waals surface area contributed by atoms with Gasteiger partial charge in [0.05, 0.1) is 27.2 Å². The Balaban J connectivity index is 2.29. The van der Waals surface area contributed by atoms with E-state index in [0.29, 0.717) is 13.0 Å². The summed E-state index contributed by atoms with van der Waals surface area (Å²) in [5, 5.41) is 0. The van der Waals surface area contributed by atoms with Gasteiger partial charge in [0, 0.05) is 18.4 Å². The normalized spacial score (nSPS) is 11.3. The van der Waals surface area contributed by atoms with E-state index >= 15 is 0 Å². The number of carbonyl (C=O) groups excluding carboxylic acids is 1. The van der Waals surface area contributed by atoms with E-state index in [0.717, 1.165) is 24.0 Å². The Morgan fingerprint density at radius 1 is 1.22 bits per heavy atom. The van der Waals surface area contributed by atoms with E-state index in [4.69, 9.17) is 4.74 Å². The van der Waals surface area contributed by atoms with Gasteiger partial charge in [-0.1, -0.05) is 37.3 Å². The SMILES string of the molecule is CCC(=O)OCCC[N+](C)(C)Cc1ccccc1. The van der Waals surface area contributed by atoms with Crippen molar-refractivity contribution in [3.8, 4) is 0 Å². The molecule has 0 aromatic heterocycles. The Morgan fingerprint density at radius 2 is 1.89 bits per heavy atom. The standard InChI is InChI=1S/C15H24NO2/c1-4-15(17)18-12-8-11-16(2,3)13-14-9-6-5-7-10-14/h5-7,9-10H,4,8,11-13H2,1-3H3/q+1. The lowest BCUT2D eigenvalue weighted by molar-refractivity contribution is -0.903. The minimum atomic E-state index is -0.108. The lowest BCUT2D eigenvalue weighted by atomic mass is 10.2. The molecule has 0 N–H and O–H groups in total. The largest absolute Gasteiger partial charge is 0.465 e. The van der Waals surface area contributed by atoms with Crippen molar-refractivity contribution < 1.29 is 14.0 Å². The molecule has 0 aliphatic carbocycles. The number of esters is 1. The first-order chi connectivity index (χ1) is 8.53. The molecule has 0 saturated heterocycles. The third kappa shape index (κ3) is 5.82. The van der Waals surface area contributed by atoms with Gasteiger partial charge in [-0.15, -0.1) is 0 Å². The fraction of sp³-hybridized carbons (Fsp3) is 0.533. The molecule has 3 nitrogen and oxygen atoms in total. The predicted molar refractivity (Wildman–Crippen MR) is 73.0 cm³/mol. The summed E-state index contributed by atoms with van der Waals surface area (Å²) in [5.41, 5.74) is 1.34. The van der Waals surface area contributed by atoms with E-state index in [1.807, 2.05) is 13.0 Å². The molecule has 0 radical (unpaired) electrons. The number of rotatable bonds is 7. The van der Waals surface area contributed by atoms with E-state index in [-0.39, 0.29) is 5.97 Å². The summed E-state index contributed by atoms with van der Waals surface area (Å²) in [5.74, 6) is -0.108. The van der Waals surface area contributed by atoms with Crippen molar-refractivity contribution in [2.45, 2.75) is 26.3 Å². The molecule has 0 atom stereocenters. The van der Waals surface area contributed by atoms with Crippen LogP contribution in [-0.4, -0.2) is 37.7 Å². The van der Waals surface area contributed by atoms with Crippen molar-refractivity contribution in [3.05, 3.63) is 35.9 Å². The molecule has 0 saturated carbocycles. The van der Waals surface area contributed by atoms with Gasteiger partial charge in [0.1, 0.15) is 6.54 Å². The Labute approximate surface area is 110 Å². The van der Waals surface area contributed by atoms with Gasteiger partial charge in [-0.2, -0.15) is 0 Å². The van der Waals surface area contributed by atoms with E-state index in [1.165, 1.54) is 5.56 Å². The van der Waals surface area contributed by atoms with Gasteiger partial charge in [-0.3, -0.25) is 4.79 Å². The van der Waals surface area contributed by atoms with Crippen molar-refractivity contribution in [3.63, 3.8) is 0 Å². The summed E-state index contributed by atoms with van der Waals surface area (Å²) in [7, 11) is 4.41. The molecule has 18 heavy (non-hydrogen) atoms. The van der Waals surface area contributed by atoms with Crippen molar-refractivity contribution in [1.29, 1.82) is 0 Å². The lowest BCUT2D eigenvalue weighted by Crippen LogP contribution is -2.40. The van der Waals surface area contributed by atoms with Crippen molar-refractivity contribution in [2.75, 3.05) is 27.2 Å². The number of benzene rings is 1. The summed E-state index contributed by atoms with van der Waals surface area (Å²) < 4.78 is 6.00. The lowest BCUT2D eigenvalue weighted by Gasteiger charge is -2.29. The van der Waals surface area contributed by atoms with Crippen LogP contribution in [0.25, 0.3) is 0 Å². The molecule has 0 bridgehead atoms. The van der Waals surface area contributed by atoms with Crippen LogP contribution in [-0.2, 0) is 16.1 Å². The number of ether oxygens (including phenoxy) is 1. The molecule has 1 aromatic rings. The maximum atomic E-state index is 11.0. The van der Waals surface area contributed by atoms with Gasteiger partial charge in [-0.25, -0.2) is 0 Å². The van der Waals surface area contributed by atoms with Crippen LogP contribution in [0.5, 0.6) is 0 Å². The summed E-state index contributed by atoms with van der Waals surface area (Å²) in [6, 6.07) is 10.5. The maximum absolute atomic E-state index is 11.0. The van der Waals surface area contributed by atoms with E-state index in [2.05, 4.69) is 38.4 Å². The van der Waals surface area contributed by atoms with Crippen LogP contribution in [0.15, 0.2) is 30.3 Å². The van der Waals surface area contributed by atoms with Gasteiger partial charge >= 0.3 is 5.97 Å². The highest BCUT2D eigenvalue weighted by molar-refractivity contribution is 5.68. The average Bonchev–Trinajstić information content (AvgIpc) is 2.35. The van der Waals surface area contributed by atoms with Crippen LogP contribution in [0.4, 0.5) is 0 Å². The van der Waals surface area contributed by atoms with Crippen LogP contribution in [0.3, 0.4) is 0 Å². The molecule has 0 spiro atoms. The second-order valence-corrected chi connectivity index (χ2v) is 5.23. The summed E-state index contributed by atoms with van der Waals surface area (Å²) in [6.45, 7) is 4.36. The first-order valence-corrected chi connectivity index (χ1v) is 6.55. The molecular weight excluding hydrogens is 226 g/mol.